The zero-order valence-corrected chi connectivity index (χ0v) is 10.4. The molecule has 1 aromatic rings. The molecule has 0 radical (unpaired) electrons. The maximum Gasteiger partial charge on any atom is 0.306 e. The van der Waals surface area contributed by atoms with Crippen molar-refractivity contribution in [2.24, 2.45) is 0 Å². The first-order valence-electron chi connectivity index (χ1n) is 4.72. The number of allylic oxidation sites excluding steroid dienone is 2. The second kappa shape index (κ2) is 4.45. The minimum atomic E-state index is -3.63. The van der Waals surface area contributed by atoms with Crippen molar-refractivity contribution in [2.75, 3.05) is 0 Å². The van der Waals surface area contributed by atoms with Gasteiger partial charge in [0, 0.05) is 0 Å². The lowest BCUT2D eigenvalue weighted by Gasteiger charge is -2.11. The molecule has 0 saturated carbocycles. The van der Waals surface area contributed by atoms with Gasteiger partial charge in [-0.15, -0.1) is 0 Å². The van der Waals surface area contributed by atoms with Crippen LogP contribution in [0.4, 0.5) is 0 Å². The van der Waals surface area contributed by atoms with E-state index in [0.29, 0.717) is 0 Å². The summed E-state index contributed by atoms with van der Waals surface area (Å²) < 4.78 is 28.7. The molecule has 3 nitrogen and oxygen atoms in total. The van der Waals surface area contributed by atoms with Gasteiger partial charge in [-0.05, 0) is 29.9 Å². The predicted molar refractivity (Wildman–Crippen MR) is 66.7 cm³/mol. The minimum Gasteiger partial charge on any atom is -0.211 e. The van der Waals surface area contributed by atoms with E-state index in [1.807, 2.05) is 6.92 Å². The Kier molecular flexibility index (Phi) is 3.18. The summed E-state index contributed by atoms with van der Waals surface area (Å²) in [6, 6.07) is 6.63. The van der Waals surface area contributed by atoms with Crippen LogP contribution >= 0.6 is 11.2 Å². The van der Waals surface area contributed by atoms with Gasteiger partial charge in [-0.2, -0.15) is 8.42 Å². The molecule has 16 heavy (non-hydrogen) atoms. The highest BCUT2D eigenvalue weighted by atomic mass is 32.3. The summed E-state index contributed by atoms with van der Waals surface area (Å²) in [5, 5.41) is 3.50. The Balaban J connectivity index is 2.21. The van der Waals surface area contributed by atoms with E-state index in [1.54, 1.807) is 47.2 Å². The van der Waals surface area contributed by atoms with Crippen LogP contribution in [0.5, 0.6) is 0 Å². The van der Waals surface area contributed by atoms with E-state index in [4.69, 9.17) is 3.63 Å². The fourth-order valence-electron chi connectivity index (χ4n) is 1.23. The van der Waals surface area contributed by atoms with Gasteiger partial charge in [-0.1, -0.05) is 41.0 Å². The van der Waals surface area contributed by atoms with Gasteiger partial charge in [0.1, 0.15) is 0 Å². The number of thiol groups is 1. The Morgan fingerprint density at radius 2 is 1.62 bits per heavy atom. The molecular weight excluding hydrogens is 244 g/mol. The third-order valence-corrected chi connectivity index (χ3v) is 5.33. The highest BCUT2D eigenvalue weighted by molar-refractivity contribution is 8.22. The minimum absolute atomic E-state index is 0.203. The molecule has 1 aliphatic rings. The quantitative estimate of drug-likeness (QED) is 0.845. The first-order valence-corrected chi connectivity index (χ1v) is 7.53. The Labute approximate surface area is 98.1 Å². The van der Waals surface area contributed by atoms with Gasteiger partial charge in [0.2, 0.25) is 0 Å². The van der Waals surface area contributed by atoms with E-state index in [0.717, 1.165) is 5.56 Å². The summed E-state index contributed by atoms with van der Waals surface area (Å²) in [4.78, 5) is 0.203. The van der Waals surface area contributed by atoms with Gasteiger partial charge in [0.25, 0.3) is 0 Å². The monoisotopic (exact) mass is 256 g/mol. The Bertz CT molecular complexity index is 515. The van der Waals surface area contributed by atoms with Crippen molar-refractivity contribution in [2.45, 2.75) is 11.8 Å². The summed E-state index contributed by atoms with van der Waals surface area (Å²) >= 11 is -1.11. The molecule has 0 saturated heterocycles. The summed E-state index contributed by atoms with van der Waals surface area (Å²) in [5.74, 6) is 0. The molecule has 1 heterocycles. The Morgan fingerprint density at radius 1 is 1.06 bits per heavy atom. The molecule has 0 atom stereocenters. The van der Waals surface area contributed by atoms with Crippen molar-refractivity contribution in [1.82, 2.24) is 0 Å². The van der Waals surface area contributed by atoms with Crippen LogP contribution in [0.3, 0.4) is 0 Å². The lowest BCUT2D eigenvalue weighted by molar-refractivity contribution is 0.517. The smallest absolute Gasteiger partial charge is 0.211 e. The average molecular weight is 256 g/mol. The molecule has 0 aliphatic carbocycles. The van der Waals surface area contributed by atoms with Gasteiger partial charge in [0.15, 0.2) is 0 Å². The number of rotatable bonds is 3. The maximum atomic E-state index is 11.8. The number of hydrogen-bond donors (Lipinski definition) is 1. The first kappa shape index (κ1) is 11.4. The van der Waals surface area contributed by atoms with Crippen molar-refractivity contribution < 1.29 is 12.0 Å². The number of aryl methyl sites for hydroxylation is 1. The van der Waals surface area contributed by atoms with E-state index < -0.39 is 21.3 Å². The fourth-order valence-corrected chi connectivity index (χ4v) is 3.98. The predicted octanol–water partition coefficient (Wildman–Crippen LogP) is 2.66. The van der Waals surface area contributed by atoms with Crippen molar-refractivity contribution in [3.05, 3.63) is 52.8 Å². The zero-order chi connectivity index (χ0) is 11.6. The van der Waals surface area contributed by atoms with E-state index in [-0.39, 0.29) is 4.90 Å². The molecule has 2 rings (SSSR count). The lowest BCUT2D eigenvalue weighted by atomic mass is 10.2. The van der Waals surface area contributed by atoms with Crippen LogP contribution in [0.2, 0.25) is 0 Å². The third-order valence-electron chi connectivity index (χ3n) is 2.07. The van der Waals surface area contributed by atoms with Crippen LogP contribution in [0, 0.1) is 6.92 Å². The molecule has 0 aromatic heterocycles. The molecular formula is C11H12O3S2. The molecule has 86 valence electrons. The molecule has 0 N–H and O–H groups in total. The standard InChI is InChI=1S/C11H12O3S2/c1-10-4-6-11(7-5-10)16(12,13)14-15-8-2-3-9-15/h2-9,15H,1H3. The van der Waals surface area contributed by atoms with E-state index >= 15 is 0 Å². The lowest BCUT2D eigenvalue weighted by Crippen LogP contribution is -2.02. The maximum absolute atomic E-state index is 11.8. The first-order chi connectivity index (χ1) is 7.58. The largest absolute Gasteiger partial charge is 0.306 e. The highest BCUT2D eigenvalue weighted by Crippen LogP contribution is 2.37. The Hall–Kier alpha value is -1.04. The summed E-state index contributed by atoms with van der Waals surface area (Å²) in [6.07, 6.45) is 3.58. The number of benzene rings is 1. The SMILES string of the molecule is Cc1ccc(S(=O)(=O)O[SH]2C=CC=C2)cc1. The van der Waals surface area contributed by atoms with E-state index in [9.17, 15) is 8.42 Å². The van der Waals surface area contributed by atoms with Gasteiger partial charge >= 0.3 is 10.1 Å². The summed E-state index contributed by atoms with van der Waals surface area (Å²) in [6.45, 7) is 1.91. The second-order valence-corrected chi connectivity index (χ2v) is 6.68. The molecule has 0 bridgehead atoms. The van der Waals surface area contributed by atoms with Crippen LogP contribution in [-0.2, 0) is 13.7 Å². The summed E-state index contributed by atoms with van der Waals surface area (Å²) in [5.41, 5.74) is 1.02. The molecule has 0 fully saturated rings. The number of hydrogen-bond acceptors (Lipinski definition) is 3. The van der Waals surface area contributed by atoms with Crippen LogP contribution < -0.4 is 0 Å². The normalized spacial score (nSPS) is 16.9. The van der Waals surface area contributed by atoms with Crippen molar-refractivity contribution in [3.8, 4) is 0 Å². The molecule has 0 spiro atoms. The second-order valence-electron chi connectivity index (χ2n) is 3.38. The van der Waals surface area contributed by atoms with E-state index in [1.165, 1.54) is 0 Å². The molecule has 0 amide bonds. The molecule has 1 aromatic carbocycles. The van der Waals surface area contributed by atoms with Crippen LogP contribution in [0.15, 0.2) is 52.1 Å². The third kappa shape index (κ3) is 2.55. The van der Waals surface area contributed by atoms with Gasteiger partial charge in [-0.25, -0.2) is 3.63 Å². The van der Waals surface area contributed by atoms with Gasteiger partial charge < -0.3 is 0 Å². The van der Waals surface area contributed by atoms with Gasteiger partial charge in [0.05, 0.1) is 4.90 Å². The topological polar surface area (TPSA) is 43.4 Å². The van der Waals surface area contributed by atoms with Crippen LogP contribution in [0.25, 0.3) is 0 Å². The Morgan fingerprint density at radius 3 is 2.19 bits per heavy atom. The van der Waals surface area contributed by atoms with Crippen LogP contribution in [-0.4, -0.2) is 8.42 Å². The van der Waals surface area contributed by atoms with E-state index in [2.05, 4.69) is 0 Å². The van der Waals surface area contributed by atoms with Crippen molar-refractivity contribution in [1.29, 1.82) is 0 Å². The molecule has 5 heteroatoms. The van der Waals surface area contributed by atoms with Crippen molar-refractivity contribution in [3.63, 3.8) is 0 Å². The fraction of sp³-hybridized carbons (Fsp3) is 0.0909. The van der Waals surface area contributed by atoms with Gasteiger partial charge in [-0.3, -0.25) is 0 Å². The summed E-state index contributed by atoms with van der Waals surface area (Å²) in [7, 11) is -3.63. The average Bonchev–Trinajstić information content (AvgIpc) is 2.70. The zero-order valence-electron chi connectivity index (χ0n) is 8.70. The highest BCUT2D eigenvalue weighted by Gasteiger charge is 2.17. The molecule has 1 aliphatic heterocycles. The van der Waals surface area contributed by atoms with Crippen LogP contribution in [0.1, 0.15) is 5.56 Å². The molecule has 0 unspecified atom stereocenters. The van der Waals surface area contributed by atoms with Crippen molar-refractivity contribution >= 4 is 21.3 Å².